The van der Waals surface area contributed by atoms with Crippen LogP contribution >= 0.6 is 0 Å². The van der Waals surface area contributed by atoms with Crippen LogP contribution in [-0.2, 0) is 22.6 Å². The van der Waals surface area contributed by atoms with Crippen LogP contribution in [0.2, 0.25) is 0 Å². The van der Waals surface area contributed by atoms with Gasteiger partial charge in [0.2, 0.25) is 5.91 Å². The van der Waals surface area contributed by atoms with Gasteiger partial charge in [0.25, 0.3) is 6.47 Å². The Morgan fingerprint density at radius 3 is 2.50 bits per heavy atom. The zero-order valence-electron chi connectivity index (χ0n) is 15.6. The Morgan fingerprint density at radius 1 is 1.18 bits per heavy atom. The van der Waals surface area contributed by atoms with E-state index in [1.165, 1.54) is 0 Å². The molecule has 0 aliphatic rings. The third kappa shape index (κ3) is 5.98. The summed E-state index contributed by atoms with van der Waals surface area (Å²) in [7, 11) is 0. The Morgan fingerprint density at radius 2 is 1.86 bits per heavy atom. The molecule has 3 aromatic rings. The molecule has 7 heteroatoms. The number of phenolic OH excluding ortho intramolecular Hbond substituents is 1. The smallest absolute Gasteiger partial charge is 0.290 e. The summed E-state index contributed by atoms with van der Waals surface area (Å²) in [6.07, 6.45) is 4.74. The van der Waals surface area contributed by atoms with Gasteiger partial charge in [-0.1, -0.05) is 30.3 Å². The van der Waals surface area contributed by atoms with Crippen LogP contribution in [0.1, 0.15) is 23.4 Å². The van der Waals surface area contributed by atoms with Crippen molar-refractivity contribution >= 4 is 12.4 Å². The summed E-state index contributed by atoms with van der Waals surface area (Å²) in [6, 6.07) is 14.9. The number of carboxylic acid groups (broad SMARTS) is 1. The van der Waals surface area contributed by atoms with E-state index in [-0.39, 0.29) is 18.1 Å². The molecular weight excluding hydrogens is 358 g/mol. The van der Waals surface area contributed by atoms with Crippen LogP contribution in [0.5, 0.6) is 5.75 Å². The Hall–Kier alpha value is -3.61. The van der Waals surface area contributed by atoms with Gasteiger partial charge in [-0.2, -0.15) is 0 Å². The second-order valence-electron chi connectivity index (χ2n) is 6.02. The SMILES string of the molecule is Cc1nccn1-c1ccccc1CNC(=O)CCc1ccc(O)cc1.O=CO. The molecule has 146 valence electrons. The Labute approximate surface area is 163 Å². The number of phenols is 1. The minimum Gasteiger partial charge on any atom is -0.508 e. The molecule has 7 nitrogen and oxygen atoms in total. The number of para-hydroxylation sites is 1. The summed E-state index contributed by atoms with van der Waals surface area (Å²) < 4.78 is 2.01. The number of hydrogen-bond donors (Lipinski definition) is 3. The molecule has 28 heavy (non-hydrogen) atoms. The van der Waals surface area contributed by atoms with E-state index in [0.717, 1.165) is 22.6 Å². The van der Waals surface area contributed by atoms with Gasteiger partial charge in [-0.15, -0.1) is 0 Å². The number of rotatable bonds is 6. The standard InChI is InChI=1S/C20H21N3O2.CH2O2/c1-15-21-12-13-23(15)19-5-3-2-4-17(19)14-22-20(25)11-8-16-6-9-18(24)10-7-16;2-1-3/h2-7,9-10,12-13,24H,8,11,14H2,1H3,(H,22,25);1H,(H,2,3). The molecule has 0 saturated heterocycles. The molecular formula is C21H23N3O4. The first-order valence-corrected chi connectivity index (χ1v) is 8.76. The summed E-state index contributed by atoms with van der Waals surface area (Å²) in [5.74, 6) is 1.15. The van der Waals surface area contributed by atoms with E-state index in [2.05, 4.69) is 10.3 Å². The fourth-order valence-corrected chi connectivity index (χ4v) is 2.73. The lowest BCUT2D eigenvalue weighted by molar-refractivity contribution is -0.123. The maximum atomic E-state index is 12.1. The number of imidazole rings is 1. The maximum absolute atomic E-state index is 12.1. The van der Waals surface area contributed by atoms with Crippen molar-refractivity contribution in [3.63, 3.8) is 0 Å². The van der Waals surface area contributed by atoms with E-state index in [1.54, 1.807) is 18.3 Å². The second-order valence-corrected chi connectivity index (χ2v) is 6.02. The van der Waals surface area contributed by atoms with E-state index < -0.39 is 0 Å². The highest BCUT2D eigenvalue weighted by Crippen LogP contribution is 2.16. The molecule has 0 aliphatic heterocycles. The highest BCUT2D eigenvalue weighted by molar-refractivity contribution is 5.76. The monoisotopic (exact) mass is 381 g/mol. The molecule has 0 fully saturated rings. The highest BCUT2D eigenvalue weighted by atomic mass is 16.3. The van der Waals surface area contributed by atoms with Crippen molar-refractivity contribution in [2.24, 2.45) is 0 Å². The number of amides is 1. The number of carbonyl (C=O) groups is 2. The van der Waals surface area contributed by atoms with Crippen molar-refractivity contribution in [3.05, 3.63) is 77.9 Å². The van der Waals surface area contributed by atoms with Crippen molar-refractivity contribution in [1.82, 2.24) is 14.9 Å². The normalized spacial score (nSPS) is 9.89. The molecule has 0 bridgehead atoms. The first-order valence-electron chi connectivity index (χ1n) is 8.76. The van der Waals surface area contributed by atoms with Gasteiger partial charge in [0.05, 0.1) is 5.69 Å². The van der Waals surface area contributed by atoms with E-state index in [9.17, 15) is 9.90 Å². The second kappa shape index (κ2) is 10.5. The highest BCUT2D eigenvalue weighted by Gasteiger charge is 2.08. The largest absolute Gasteiger partial charge is 0.508 e. The number of nitrogens with one attached hydrogen (secondary N) is 1. The number of aromatic nitrogens is 2. The summed E-state index contributed by atoms with van der Waals surface area (Å²) in [5, 5.41) is 19.2. The van der Waals surface area contributed by atoms with Gasteiger partial charge in [0.15, 0.2) is 0 Å². The van der Waals surface area contributed by atoms with E-state index >= 15 is 0 Å². The summed E-state index contributed by atoms with van der Waals surface area (Å²) in [4.78, 5) is 24.8. The molecule has 0 atom stereocenters. The summed E-state index contributed by atoms with van der Waals surface area (Å²) in [5.41, 5.74) is 3.10. The van der Waals surface area contributed by atoms with Crippen LogP contribution in [0.4, 0.5) is 0 Å². The lowest BCUT2D eigenvalue weighted by Crippen LogP contribution is -2.23. The number of nitrogens with zero attached hydrogens (tertiary/aromatic N) is 2. The van der Waals surface area contributed by atoms with E-state index in [1.807, 2.05) is 54.1 Å². The van der Waals surface area contributed by atoms with Crippen molar-refractivity contribution in [2.45, 2.75) is 26.3 Å². The minimum absolute atomic E-state index is 0.00484. The van der Waals surface area contributed by atoms with Gasteiger partial charge in [-0.3, -0.25) is 9.59 Å². The quantitative estimate of drug-likeness (QED) is 0.570. The molecule has 1 aromatic heterocycles. The Balaban J connectivity index is 0.000000878. The van der Waals surface area contributed by atoms with Gasteiger partial charge in [-0.05, 0) is 42.7 Å². The van der Waals surface area contributed by atoms with Gasteiger partial charge in [0, 0.05) is 25.4 Å². The van der Waals surface area contributed by atoms with Crippen LogP contribution in [-0.4, -0.2) is 32.1 Å². The van der Waals surface area contributed by atoms with Crippen LogP contribution < -0.4 is 5.32 Å². The Kier molecular flexibility index (Phi) is 7.77. The lowest BCUT2D eigenvalue weighted by Gasteiger charge is -2.12. The third-order valence-corrected chi connectivity index (χ3v) is 4.13. The minimum atomic E-state index is -0.250. The molecule has 3 rings (SSSR count). The average molecular weight is 381 g/mol. The number of hydrogen-bond acceptors (Lipinski definition) is 4. The lowest BCUT2D eigenvalue weighted by atomic mass is 10.1. The van der Waals surface area contributed by atoms with Gasteiger partial charge in [0.1, 0.15) is 11.6 Å². The average Bonchev–Trinajstić information content (AvgIpc) is 3.12. The predicted molar refractivity (Wildman–Crippen MR) is 105 cm³/mol. The van der Waals surface area contributed by atoms with Crippen LogP contribution in [0.25, 0.3) is 5.69 Å². The molecule has 3 N–H and O–H groups in total. The fraction of sp³-hybridized carbons (Fsp3) is 0.190. The number of aryl methyl sites for hydroxylation is 2. The van der Waals surface area contributed by atoms with Crippen LogP contribution in [0.15, 0.2) is 60.9 Å². The van der Waals surface area contributed by atoms with Gasteiger partial charge in [-0.25, -0.2) is 4.98 Å². The first-order chi connectivity index (χ1) is 13.5. The summed E-state index contributed by atoms with van der Waals surface area (Å²) in [6.45, 7) is 2.18. The zero-order chi connectivity index (χ0) is 20.4. The molecule has 0 spiro atoms. The van der Waals surface area contributed by atoms with Crippen molar-refractivity contribution in [3.8, 4) is 11.4 Å². The third-order valence-electron chi connectivity index (χ3n) is 4.13. The van der Waals surface area contributed by atoms with Crippen LogP contribution in [0.3, 0.4) is 0 Å². The zero-order valence-corrected chi connectivity index (χ0v) is 15.6. The number of aromatic hydroxyl groups is 1. The van der Waals surface area contributed by atoms with Crippen molar-refractivity contribution < 1.29 is 19.8 Å². The van der Waals surface area contributed by atoms with Crippen molar-refractivity contribution in [1.29, 1.82) is 0 Å². The van der Waals surface area contributed by atoms with E-state index in [4.69, 9.17) is 9.90 Å². The maximum Gasteiger partial charge on any atom is 0.290 e. The molecule has 0 aliphatic carbocycles. The topological polar surface area (TPSA) is 104 Å². The summed E-state index contributed by atoms with van der Waals surface area (Å²) >= 11 is 0. The predicted octanol–water partition coefficient (Wildman–Crippen LogP) is 2.84. The van der Waals surface area contributed by atoms with Crippen molar-refractivity contribution in [2.75, 3.05) is 0 Å². The number of carbonyl (C=O) groups excluding carboxylic acids is 1. The van der Waals surface area contributed by atoms with Crippen LogP contribution in [0, 0.1) is 6.92 Å². The van der Waals surface area contributed by atoms with Gasteiger partial charge >= 0.3 is 0 Å². The van der Waals surface area contributed by atoms with Gasteiger partial charge < -0.3 is 20.1 Å². The molecule has 1 amide bonds. The molecule has 0 radical (unpaired) electrons. The Bertz CT molecular complexity index is 904. The molecule has 2 aromatic carbocycles. The first kappa shape index (κ1) is 20.7. The fourth-order valence-electron chi connectivity index (χ4n) is 2.73. The molecule has 0 unspecified atom stereocenters. The molecule has 0 saturated carbocycles. The van der Waals surface area contributed by atoms with E-state index in [0.29, 0.717) is 19.4 Å². The molecule has 1 heterocycles. The number of benzene rings is 2.